The first-order chi connectivity index (χ1) is 11.0. The van der Waals surface area contributed by atoms with Crippen LogP contribution in [0, 0.1) is 0 Å². The maximum atomic E-state index is 11.9. The van der Waals surface area contributed by atoms with E-state index in [4.69, 9.17) is 4.74 Å². The van der Waals surface area contributed by atoms with Crippen LogP contribution in [-0.2, 0) is 9.84 Å². The van der Waals surface area contributed by atoms with Gasteiger partial charge in [0, 0.05) is 11.7 Å². The standard InChI is InChI=1S/C16H22N2O4S/c19-16(18-13-9-10-23(20,21)11-13)17-12-5-7-15(8-6-12)22-14-3-1-2-4-14/h5-8,13-14H,1-4,9-11H2,(H2,17,18,19)/t13-/m0/s1. The molecule has 0 unspecified atom stereocenters. The van der Waals surface area contributed by atoms with E-state index < -0.39 is 9.84 Å². The zero-order chi connectivity index (χ0) is 16.3. The molecule has 0 aromatic heterocycles. The van der Waals surface area contributed by atoms with Crippen LogP contribution >= 0.6 is 0 Å². The van der Waals surface area contributed by atoms with Gasteiger partial charge in [-0.15, -0.1) is 0 Å². The van der Waals surface area contributed by atoms with E-state index in [1.54, 1.807) is 12.1 Å². The Labute approximate surface area is 136 Å². The van der Waals surface area contributed by atoms with Crippen molar-refractivity contribution in [1.29, 1.82) is 0 Å². The van der Waals surface area contributed by atoms with Crippen LogP contribution in [0.4, 0.5) is 10.5 Å². The monoisotopic (exact) mass is 338 g/mol. The largest absolute Gasteiger partial charge is 0.490 e. The van der Waals surface area contributed by atoms with Crippen molar-refractivity contribution in [2.45, 2.75) is 44.2 Å². The van der Waals surface area contributed by atoms with Crippen LogP contribution in [0.2, 0.25) is 0 Å². The van der Waals surface area contributed by atoms with E-state index in [0.717, 1.165) is 18.6 Å². The molecule has 1 heterocycles. The highest BCUT2D eigenvalue weighted by Crippen LogP contribution is 2.25. The summed E-state index contributed by atoms with van der Waals surface area (Å²) in [5, 5.41) is 5.41. The number of sulfone groups is 1. The third kappa shape index (κ3) is 4.60. The molecule has 3 rings (SSSR count). The Morgan fingerprint density at radius 3 is 2.39 bits per heavy atom. The zero-order valence-corrected chi connectivity index (χ0v) is 13.8. The fourth-order valence-electron chi connectivity index (χ4n) is 3.08. The fourth-order valence-corrected chi connectivity index (χ4v) is 4.75. The number of amides is 2. The van der Waals surface area contributed by atoms with Gasteiger partial charge in [-0.3, -0.25) is 0 Å². The van der Waals surface area contributed by atoms with Gasteiger partial charge in [-0.05, 0) is 56.4 Å². The van der Waals surface area contributed by atoms with Crippen molar-refractivity contribution in [2.75, 3.05) is 16.8 Å². The minimum Gasteiger partial charge on any atom is -0.490 e. The van der Waals surface area contributed by atoms with Gasteiger partial charge in [0.15, 0.2) is 9.84 Å². The number of carbonyl (C=O) groups excluding carboxylic acids is 1. The average Bonchev–Trinajstić information content (AvgIpc) is 3.11. The molecule has 1 aromatic rings. The van der Waals surface area contributed by atoms with Crippen LogP contribution in [0.1, 0.15) is 32.1 Å². The molecule has 1 saturated carbocycles. The molecule has 0 spiro atoms. The predicted molar refractivity (Wildman–Crippen MR) is 88.5 cm³/mol. The summed E-state index contributed by atoms with van der Waals surface area (Å²) in [5.41, 5.74) is 0.655. The zero-order valence-electron chi connectivity index (χ0n) is 13.0. The lowest BCUT2D eigenvalue weighted by molar-refractivity contribution is 0.210. The summed E-state index contributed by atoms with van der Waals surface area (Å²) in [6.07, 6.45) is 5.44. The first kappa shape index (κ1) is 16.1. The number of rotatable bonds is 4. The summed E-state index contributed by atoms with van der Waals surface area (Å²) in [4.78, 5) is 11.9. The molecule has 23 heavy (non-hydrogen) atoms. The summed E-state index contributed by atoms with van der Waals surface area (Å²) in [7, 11) is -2.99. The molecule has 126 valence electrons. The van der Waals surface area contributed by atoms with Gasteiger partial charge >= 0.3 is 6.03 Å². The van der Waals surface area contributed by atoms with E-state index >= 15 is 0 Å². The Hall–Kier alpha value is -1.76. The topological polar surface area (TPSA) is 84.5 Å². The van der Waals surface area contributed by atoms with E-state index in [1.165, 1.54) is 12.8 Å². The van der Waals surface area contributed by atoms with Crippen molar-refractivity contribution < 1.29 is 17.9 Å². The highest BCUT2D eigenvalue weighted by atomic mass is 32.2. The predicted octanol–water partition coefficient (Wildman–Crippen LogP) is 2.32. The van der Waals surface area contributed by atoms with E-state index in [0.29, 0.717) is 18.2 Å². The summed E-state index contributed by atoms with van der Waals surface area (Å²) >= 11 is 0. The Morgan fingerprint density at radius 1 is 1.09 bits per heavy atom. The van der Waals surface area contributed by atoms with Crippen LogP contribution in [0.3, 0.4) is 0 Å². The first-order valence-electron chi connectivity index (χ1n) is 8.05. The van der Waals surface area contributed by atoms with Gasteiger partial charge in [0.05, 0.1) is 17.6 Å². The van der Waals surface area contributed by atoms with Gasteiger partial charge in [-0.1, -0.05) is 0 Å². The number of anilines is 1. The van der Waals surface area contributed by atoms with Crippen molar-refractivity contribution in [1.82, 2.24) is 5.32 Å². The lowest BCUT2D eigenvalue weighted by atomic mass is 10.2. The second-order valence-electron chi connectivity index (χ2n) is 6.25. The molecule has 0 radical (unpaired) electrons. The molecular formula is C16H22N2O4S. The third-order valence-corrected chi connectivity index (χ3v) is 6.05. The Bertz CT molecular complexity index is 651. The molecule has 2 aliphatic rings. The second-order valence-corrected chi connectivity index (χ2v) is 8.48. The van der Waals surface area contributed by atoms with E-state index in [1.807, 2.05) is 12.1 Å². The summed E-state index contributed by atoms with van der Waals surface area (Å²) in [6.45, 7) is 0. The van der Waals surface area contributed by atoms with Gasteiger partial charge in [0.25, 0.3) is 0 Å². The lowest BCUT2D eigenvalue weighted by Crippen LogP contribution is -2.38. The number of carbonyl (C=O) groups is 1. The highest BCUT2D eigenvalue weighted by molar-refractivity contribution is 7.91. The van der Waals surface area contributed by atoms with Gasteiger partial charge in [0.2, 0.25) is 0 Å². The second kappa shape index (κ2) is 6.78. The maximum Gasteiger partial charge on any atom is 0.319 e. The first-order valence-corrected chi connectivity index (χ1v) is 9.87. The minimum absolute atomic E-state index is 0.0224. The summed E-state index contributed by atoms with van der Waals surface area (Å²) in [6, 6.07) is 6.58. The van der Waals surface area contributed by atoms with E-state index in [2.05, 4.69) is 10.6 Å². The maximum absolute atomic E-state index is 11.9. The molecule has 1 atom stereocenters. The summed E-state index contributed by atoms with van der Waals surface area (Å²) < 4.78 is 28.6. The van der Waals surface area contributed by atoms with Crippen molar-refractivity contribution in [2.24, 2.45) is 0 Å². The molecule has 1 saturated heterocycles. The molecule has 2 fully saturated rings. The van der Waals surface area contributed by atoms with Crippen LogP contribution in [-0.4, -0.2) is 38.1 Å². The van der Waals surface area contributed by atoms with E-state index in [9.17, 15) is 13.2 Å². The van der Waals surface area contributed by atoms with Crippen molar-refractivity contribution >= 4 is 21.6 Å². The van der Waals surface area contributed by atoms with Crippen molar-refractivity contribution in [3.63, 3.8) is 0 Å². The molecule has 1 aromatic carbocycles. The highest BCUT2D eigenvalue weighted by Gasteiger charge is 2.28. The lowest BCUT2D eigenvalue weighted by Gasteiger charge is -2.14. The number of hydrogen-bond donors (Lipinski definition) is 2. The van der Waals surface area contributed by atoms with Gasteiger partial charge < -0.3 is 15.4 Å². The molecule has 1 aliphatic carbocycles. The van der Waals surface area contributed by atoms with E-state index in [-0.39, 0.29) is 23.6 Å². The number of nitrogens with one attached hydrogen (secondary N) is 2. The van der Waals surface area contributed by atoms with Gasteiger partial charge in [-0.2, -0.15) is 0 Å². The van der Waals surface area contributed by atoms with Crippen LogP contribution in [0.15, 0.2) is 24.3 Å². The SMILES string of the molecule is O=C(Nc1ccc(OC2CCCC2)cc1)N[C@H]1CCS(=O)(=O)C1. The third-order valence-electron chi connectivity index (χ3n) is 4.28. The molecule has 7 heteroatoms. The van der Waals surface area contributed by atoms with Crippen LogP contribution in [0.5, 0.6) is 5.75 Å². The van der Waals surface area contributed by atoms with Gasteiger partial charge in [0.1, 0.15) is 5.75 Å². The molecule has 6 nitrogen and oxygen atoms in total. The Morgan fingerprint density at radius 2 is 1.78 bits per heavy atom. The minimum atomic E-state index is -2.99. The normalized spacial score (nSPS) is 23.6. The number of hydrogen-bond acceptors (Lipinski definition) is 4. The van der Waals surface area contributed by atoms with Gasteiger partial charge in [-0.25, -0.2) is 13.2 Å². The quantitative estimate of drug-likeness (QED) is 0.882. The van der Waals surface area contributed by atoms with Crippen LogP contribution in [0.25, 0.3) is 0 Å². The fraction of sp³-hybridized carbons (Fsp3) is 0.562. The summed E-state index contributed by atoms with van der Waals surface area (Å²) in [5.74, 6) is 0.976. The molecule has 2 N–H and O–H groups in total. The number of urea groups is 1. The van der Waals surface area contributed by atoms with Crippen molar-refractivity contribution in [3.8, 4) is 5.75 Å². The molecule has 0 bridgehead atoms. The Kier molecular flexibility index (Phi) is 4.75. The molecular weight excluding hydrogens is 316 g/mol. The number of benzene rings is 1. The van der Waals surface area contributed by atoms with Crippen LogP contribution < -0.4 is 15.4 Å². The Balaban J connectivity index is 1.48. The molecule has 1 aliphatic heterocycles. The average molecular weight is 338 g/mol. The smallest absolute Gasteiger partial charge is 0.319 e. The number of ether oxygens (including phenoxy) is 1. The molecule has 2 amide bonds. The van der Waals surface area contributed by atoms with Crippen molar-refractivity contribution in [3.05, 3.63) is 24.3 Å².